The van der Waals surface area contributed by atoms with Crippen LogP contribution in [0, 0.1) is 5.82 Å². The summed E-state index contributed by atoms with van der Waals surface area (Å²) >= 11 is -1.50. The second kappa shape index (κ2) is 11.3. The number of rotatable bonds is 11. The number of H-pyrrole nitrogens is 1. The standard InChI is InChI=1S/C18H21F4N3O5S/c1-12(13-3-4-14(19)15(9-13)30-10-18(20,21)22)24-31(28)8-2-7-29-11-25-6-5-16(26)23-17(25)27/h3-6,9,12,24H,2,7-8,10-11H2,1H3,(H,23,26,27)/t12-,31?/m1/s1. The molecule has 1 heterocycles. The average Bonchev–Trinajstić information content (AvgIpc) is 2.67. The zero-order chi connectivity index (χ0) is 23.0. The highest BCUT2D eigenvalue weighted by Gasteiger charge is 2.29. The molecule has 0 aliphatic carbocycles. The first-order valence-corrected chi connectivity index (χ1v) is 10.4. The number of aromatic nitrogens is 2. The highest BCUT2D eigenvalue weighted by molar-refractivity contribution is 7.89. The quantitative estimate of drug-likeness (QED) is 0.297. The molecule has 1 aromatic carbocycles. The average molecular weight is 467 g/mol. The van der Waals surface area contributed by atoms with Crippen molar-refractivity contribution in [1.82, 2.24) is 14.3 Å². The Morgan fingerprint density at radius 1 is 1.29 bits per heavy atom. The molecule has 0 fully saturated rings. The van der Waals surface area contributed by atoms with Gasteiger partial charge in [0.25, 0.3) is 5.56 Å². The molecule has 1 aromatic heterocycles. The van der Waals surface area contributed by atoms with Crippen LogP contribution in [0.1, 0.15) is 24.9 Å². The number of halogens is 4. The van der Waals surface area contributed by atoms with Gasteiger partial charge in [-0.2, -0.15) is 13.2 Å². The van der Waals surface area contributed by atoms with Gasteiger partial charge in [-0.05, 0) is 24.6 Å². The van der Waals surface area contributed by atoms with E-state index < -0.39 is 53.0 Å². The lowest BCUT2D eigenvalue weighted by Gasteiger charge is -2.18. The molecular weight excluding hydrogens is 446 g/mol. The zero-order valence-electron chi connectivity index (χ0n) is 16.4. The van der Waals surface area contributed by atoms with Crippen molar-refractivity contribution in [2.24, 2.45) is 0 Å². The van der Waals surface area contributed by atoms with Crippen molar-refractivity contribution < 1.29 is 31.6 Å². The molecule has 1 unspecified atom stereocenters. The summed E-state index contributed by atoms with van der Waals surface area (Å²) in [6.45, 7) is 0.117. The predicted octanol–water partition coefficient (Wildman–Crippen LogP) is 2.00. The molecule has 2 N–H and O–H groups in total. The van der Waals surface area contributed by atoms with Crippen LogP contribution in [0.5, 0.6) is 5.75 Å². The van der Waals surface area contributed by atoms with Gasteiger partial charge in [-0.1, -0.05) is 6.07 Å². The van der Waals surface area contributed by atoms with E-state index in [2.05, 4.69) is 14.4 Å². The maximum Gasteiger partial charge on any atom is 0.422 e. The van der Waals surface area contributed by atoms with Crippen molar-refractivity contribution in [1.29, 1.82) is 0 Å². The van der Waals surface area contributed by atoms with Gasteiger partial charge in [0.2, 0.25) is 0 Å². The summed E-state index contributed by atoms with van der Waals surface area (Å²) in [4.78, 5) is 24.5. The van der Waals surface area contributed by atoms with Crippen LogP contribution in [0.4, 0.5) is 17.6 Å². The van der Waals surface area contributed by atoms with Gasteiger partial charge in [0, 0.05) is 30.0 Å². The number of benzene rings is 1. The zero-order valence-corrected chi connectivity index (χ0v) is 17.2. The molecule has 0 saturated carbocycles. The maximum absolute atomic E-state index is 13.7. The predicted molar refractivity (Wildman–Crippen MR) is 104 cm³/mol. The maximum atomic E-state index is 13.7. The lowest BCUT2D eigenvalue weighted by atomic mass is 10.1. The largest absolute Gasteiger partial charge is 0.598 e. The first-order chi connectivity index (χ1) is 14.5. The van der Waals surface area contributed by atoms with Crippen molar-refractivity contribution in [3.05, 3.63) is 62.7 Å². The molecule has 2 aromatic rings. The van der Waals surface area contributed by atoms with Gasteiger partial charge in [-0.15, -0.1) is 4.72 Å². The van der Waals surface area contributed by atoms with Crippen LogP contribution >= 0.6 is 0 Å². The third kappa shape index (κ3) is 8.73. The summed E-state index contributed by atoms with van der Waals surface area (Å²) in [5.74, 6) is -1.27. The first-order valence-electron chi connectivity index (χ1n) is 9.06. The number of nitrogens with one attached hydrogen (secondary N) is 2. The normalized spacial score (nSPS) is 13.7. The van der Waals surface area contributed by atoms with E-state index in [-0.39, 0.29) is 19.1 Å². The molecule has 0 spiro atoms. The fraction of sp³-hybridized carbons (Fsp3) is 0.444. The molecule has 13 heteroatoms. The fourth-order valence-electron chi connectivity index (χ4n) is 2.38. The molecule has 2 rings (SSSR count). The van der Waals surface area contributed by atoms with Crippen LogP contribution in [-0.2, 0) is 22.8 Å². The van der Waals surface area contributed by atoms with Gasteiger partial charge in [-0.25, -0.2) is 9.18 Å². The monoisotopic (exact) mass is 467 g/mol. The molecule has 0 amide bonds. The SMILES string of the molecule is C[C@@H](N[S+]([O-])CCCOCn1ccc(=O)[nH]c1=O)c1ccc(F)c(OCC(F)(F)F)c1. The van der Waals surface area contributed by atoms with Gasteiger partial charge < -0.3 is 14.0 Å². The molecule has 8 nitrogen and oxygen atoms in total. The van der Waals surface area contributed by atoms with Crippen molar-refractivity contribution in [2.45, 2.75) is 32.3 Å². The molecule has 31 heavy (non-hydrogen) atoms. The highest BCUT2D eigenvalue weighted by Crippen LogP contribution is 2.25. The molecule has 0 radical (unpaired) electrons. The van der Waals surface area contributed by atoms with Crippen LogP contribution in [0.25, 0.3) is 0 Å². The smallest absolute Gasteiger partial charge is 0.422 e. The van der Waals surface area contributed by atoms with Crippen LogP contribution in [0.3, 0.4) is 0 Å². The Labute approximate surface area is 177 Å². The van der Waals surface area contributed by atoms with Gasteiger partial charge in [0.05, 0.1) is 12.6 Å². The van der Waals surface area contributed by atoms with E-state index in [1.54, 1.807) is 6.92 Å². The third-order valence-corrected chi connectivity index (χ3v) is 5.18. The van der Waals surface area contributed by atoms with Crippen LogP contribution in [-0.4, -0.2) is 39.2 Å². The van der Waals surface area contributed by atoms with Gasteiger partial charge in [0.1, 0.15) is 12.5 Å². The van der Waals surface area contributed by atoms with E-state index in [0.717, 1.165) is 16.7 Å². The molecular formula is C18H21F4N3O5S. The summed E-state index contributed by atoms with van der Waals surface area (Å²) in [5, 5.41) is 0. The number of ether oxygens (including phenoxy) is 2. The third-order valence-electron chi connectivity index (χ3n) is 3.90. The van der Waals surface area contributed by atoms with E-state index in [1.165, 1.54) is 18.3 Å². The van der Waals surface area contributed by atoms with E-state index in [9.17, 15) is 31.7 Å². The Kier molecular flexibility index (Phi) is 9.10. The second-order valence-electron chi connectivity index (χ2n) is 6.45. The summed E-state index contributed by atoms with van der Waals surface area (Å²) in [5.41, 5.74) is -0.720. The van der Waals surface area contributed by atoms with Gasteiger partial charge >= 0.3 is 11.9 Å². The fourth-order valence-corrected chi connectivity index (χ4v) is 3.41. The molecule has 172 valence electrons. The van der Waals surface area contributed by atoms with Gasteiger partial charge in [-0.3, -0.25) is 14.3 Å². The first kappa shape index (κ1) is 24.9. The number of alkyl halides is 3. The number of hydrogen-bond donors (Lipinski definition) is 2. The van der Waals surface area contributed by atoms with Crippen molar-refractivity contribution >= 4 is 11.4 Å². The topological polar surface area (TPSA) is 108 Å². The van der Waals surface area contributed by atoms with E-state index in [1.807, 2.05) is 0 Å². The molecule has 0 bridgehead atoms. The van der Waals surface area contributed by atoms with Crippen LogP contribution in [0.15, 0.2) is 40.1 Å². The Bertz CT molecular complexity index is 966. The molecule has 2 atom stereocenters. The number of aromatic amines is 1. The Balaban J connectivity index is 1.76. The summed E-state index contributed by atoms with van der Waals surface area (Å²) in [6.07, 6.45) is -2.92. The minimum absolute atomic E-state index is 0.0810. The molecule has 0 aliphatic rings. The highest BCUT2D eigenvalue weighted by atomic mass is 32.2. The Morgan fingerprint density at radius 3 is 2.71 bits per heavy atom. The van der Waals surface area contributed by atoms with E-state index >= 15 is 0 Å². The van der Waals surface area contributed by atoms with E-state index in [4.69, 9.17) is 4.74 Å². The molecule has 0 saturated heterocycles. The van der Waals surface area contributed by atoms with Crippen molar-refractivity contribution in [3.8, 4) is 5.75 Å². The van der Waals surface area contributed by atoms with Crippen LogP contribution in [0.2, 0.25) is 0 Å². The number of nitrogens with zero attached hydrogens (tertiary/aromatic N) is 1. The minimum Gasteiger partial charge on any atom is -0.598 e. The van der Waals surface area contributed by atoms with Gasteiger partial charge in [0.15, 0.2) is 18.2 Å². The molecule has 0 aliphatic heterocycles. The van der Waals surface area contributed by atoms with Crippen molar-refractivity contribution in [2.75, 3.05) is 19.0 Å². The lowest BCUT2D eigenvalue weighted by molar-refractivity contribution is -0.153. The summed E-state index contributed by atoms with van der Waals surface area (Å²) in [6, 6.07) is 4.10. The second-order valence-corrected chi connectivity index (χ2v) is 7.79. The minimum atomic E-state index is -4.60. The Hall–Kier alpha value is -2.35. The summed E-state index contributed by atoms with van der Waals surface area (Å²) in [7, 11) is 0. The Morgan fingerprint density at radius 2 is 2.03 bits per heavy atom. The number of hydrogen-bond acceptors (Lipinski definition) is 6. The lowest BCUT2D eigenvalue weighted by Crippen LogP contribution is -2.30. The summed E-state index contributed by atoms with van der Waals surface area (Å²) < 4.78 is 76.3. The van der Waals surface area contributed by atoms with Crippen LogP contribution < -0.4 is 20.7 Å². The van der Waals surface area contributed by atoms with E-state index in [0.29, 0.717) is 12.0 Å². The van der Waals surface area contributed by atoms with Crippen molar-refractivity contribution in [3.63, 3.8) is 0 Å².